The molecule has 0 radical (unpaired) electrons. The van der Waals surface area contributed by atoms with E-state index in [1.165, 1.54) is 212 Å². The molecular formula is C66H120NO8P. The van der Waals surface area contributed by atoms with Crippen molar-refractivity contribution in [2.75, 3.05) is 26.4 Å². The van der Waals surface area contributed by atoms with Gasteiger partial charge in [-0.2, -0.15) is 0 Å². The molecule has 0 aromatic heterocycles. The van der Waals surface area contributed by atoms with Gasteiger partial charge in [0.2, 0.25) is 0 Å². The molecule has 2 unspecified atom stereocenters. The van der Waals surface area contributed by atoms with Gasteiger partial charge in [-0.25, -0.2) is 4.57 Å². The van der Waals surface area contributed by atoms with E-state index in [4.69, 9.17) is 24.3 Å². The summed E-state index contributed by atoms with van der Waals surface area (Å²) in [5, 5.41) is 0. The van der Waals surface area contributed by atoms with Crippen LogP contribution in [0.15, 0.2) is 72.9 Å². The minimum absolute atomic E-state index is 0.0400. The molecule has 0 heterocycles. The summed E-state index contributed by atoms with van der Waals surface area (Å²) >= 11 is 0. The molecule has 76 heavy (non-hydrogen) atoms. The van der Waals surface area contributed by atoms with Crippen molar-refractivity contribution in [1.82, 2.24) is 0 Å². The summed E-state index contributed by atoms with van der Waals surface area (Å²) in [6.45, 7) is 3.58. The van der Waals surface area contributed by atoms with Gasteiger partial charge in [0.05, 0.1) is 13.2 Å². The highest BCUT2D eigenvalue weighted by molar-refractivity contribution is 7.47. The first kappa shape index (κ1) is 73.5. The molecule has 0 spiro atoms. The highest BCUT2D eigenvalue weighted by Gasteiger charge is 2.26. The van der Waals surface area contributed by atoms with Crippen molar-refractivity contribution >= 4 is 19.8 Å². The van der Waals surface area contributed by atoms with Gasteiger partial charge in [0, 0.05) is 19.4 Å². The van der Waals surface area contributed by atoms with E-state index in [1.807, 2.05) is 12.2 Å². The second kappa shape index (κ2) is 61.7. The van der Waals surface area contributed by atoms with Gasteiger partial charge in [0.15, 0.2) is 6.10 Å². The lowest BCUT2D eigenvalue weighted by molar-refractivity contribution is -0.161. The van der Waals surface area contributed by atoms with E-state index >= 15 is 0 Å². The zero-order chi connectivity index (χ0) is 55.2. The molecule has 0 rings (SSSR count). The normalized spacial score (nSPS) is 13.5. The lowest BCUT2D eigenvalue weighted by atomic mass is 10.0. The number of hydrogen-bond acceptors (Lipinski definition) is 8. The van der Waals surface area contributed by atoms with Crippen LogP contribution in [0.5, 0.6) is 0 Å². The van der Waals surface area contributed by atoms with Crippen LogP contribution in [0.2, 0.25) is 0 Å². The molecule has 0 aliphatic rings. The van der Waals surface area contributed by atoms with E-state index in [2.05, 4.69) is 74.6 Å². The Kier molecular flexibility index (Phi) is 59.6. The van der Waals surface area contributed by atoms with Gasteiger partial charge in [-0.05, 0) is 51.4 Å². The average Bonchev–Trinajstić information content (AvgIpc) is 3.41. The maximum absolute atomic E-state index is 12.6. The van der Waals surface area contributed by atoms with E-state index in [1.54, 1.807) is 0 Å². The van der Waals surface area contributed by atoms with E-state index in [9.17, 15) is 19.0 Å². The Balaban J connectivity index is 3.85. The largest absolute Gasteiger partial charge is 0.472 e. The average molecular weight is 1090 g/mol. The van der Waals surface area contributed by atoms with Crippen molar-refractivity contribution in [3.8, 4) is 0 Å². The third-order valence-corrected chi connectivity index (χ3v) is 14.9. The summed E-state index contributed by atoms with van der Waals surface area (Å²) in [6, 6.07) is 0. The fourth-order valence-electron chi connectivity index (χ4n) is 9.20. The molecule has 0 bridgehead atoms. The Labute approximate surface area is 469 Å². The molecule has 0 aromatic rings. The highest BCUT2D eigenvalue weighted by atomic mass is 31.2. The Morgan fingerprint density at radius 1 is 0.408 bits per heavy atom. The fraction of sp³-hybridized carbons (Fsp3) is 0.788. The molecule has 3 N–H and O–H groups in total. The number of phosphoric acid groups is 1. The molecule has 0 fully saturated rings. The second-order valence-electron chi connectivity index (χ2n) is 21.3. The van der Waals surface area contributed by atoms with E-state index < -0.39 is 32.5 Å². The summed E-state index contributed by atoms with van der Waals surface area (Å²) in [5.41, 5.74) is 5.38. The van der Waals surface area contributed by atoms with Crippen molar-refractivity contribution in [3.63, 3.8) is 0 Å². The van der Waals surface area contributed by atoms with Crippen LogP contribution in [0.1, 0.15) is 303 Å². The van der Waals surface area contributed by atoms with Gasteiger partial charge in [-0.15, -0.1) is 0 Å². The van der Waals surface area contributed by atoms with E-state index in [0.29, 0.717) is 6.42 Å². The minimum Gasteiger partial charge on any atom is -0.462 e. The summed E-state index contributed by atoms with van der Waals surface area (Å²) in [5.74, 6) is -0.918. The Morgan fingerprint density at radius 2 is 0.724 bits per heavy atom. The number of carbonyl (C=O) groups is 2. The summed E-state index contributed by atoms with van der Waals surface area (Å²) in [7, 11) is -4.41. The molecule has 0 aromatic carbocycles. The van der Waals surface area contributed by atoms with Crippen LogP contribution >= 0.6 is 7.82 Å². The molecule has 0 aliphatic heterocycles. The van der Waals surface area contributed by atoms with Crippen LogP contribution in [-0.2, 0) is 32.7 Å². The lowest BCUT2D eigenvalue weighted by Gasteiger charge is -2.19. The molecule has 442 valence electrons. The van der Waals surface area contributed by atoms with Gasteiger partial charge in [-0.1, -0.05) is 311 Å². The lowest BCUT2D eigenvalue weighted by Crippen LogP contribution is -2.29. The summed E-state index contributed by atoms with van der Waals surface area (Å²) < 4.78 is 32.9. The van der Waals surface area contributed by atoms with Crippen LogP contribution in [-0.4, -0.2) is 49.3 Å². The molecule has 0 amide bonds. The number of ether oxygens (including phenoxy) is 2. The number of nitrogens with two attached hydrogens (primary N) is 1. The Bertz CT molecular complexity index is 1470. The van der Waals surface area contributed by atoms with Crippen LogP contribution < -0.4 is 5.73 Å². The van der Waals surface area contributed by atoms with Crippen molar-refractivity contribution in [3.05, 3.63) is 72.9 Å². The zero-order valence-corrected chi connectivity index (χ0v) is 50.4. The van der Waals surface area contributed by atoms with Crippen molar-refractivity contribution in [1.29, 1.82) is 0 Å². The molecule has 0 aliphatic carbocycles. The van der Waals surface area contributed by atoms with Gasteiger partial charge in [0.1, 0.15) is 6.61 Å². The van der Waals surface area contributed by atoms with Gasteiger partial charge < -0.3 is 20.1 Å². The maximum atomic E-state index is 12.6. The molecule has 0 saturated heterocycles. The molecule has 10 heteroatoms. The fourth-order valence-corrected chi connectivity index (χ4v) is 9.96. The highest BCUT2D eigenvalue weighted by Crippen LogP contribution is 2.43. The van der Waals surface area contributed by atoms with Crippen LogP contribution in [0.4, 0.5) is 0 Å². The smallest absolute Gasteiger partial charge is 0.462 e. The van der Waals surface area contributed by atoms with Crippen molar-refractivity contribution in [2.24, 2.45) is 5.73 Å². The Morgan fingerprint density at radius 3 is 1.05 bits per heavy atom. The van der Waals surface area contributed by atoms with E-state index in [-0.39, 0.29) is 32.6 Å². The third kappa shape index (κ3) is 60.7. The number of carbonyl (C=O) groups excluding carboxylic acids is 2. The number of phosphoric ester groups is 1. The van der Waals surface area contributed by atoms with Crippen molar-refractivity contribution in [2.45, 2.75) is 309 Å². The first-order valence-corrected chi connectivity index (χ1v) is 33.4. The minimum atomic E-state index is -4.41. The summed E-state index contributed by atoms with van der Waals surface area (Å²) in [6.07, 6.45) is 80.3. The Hall–Kier alpha value is -2.55. The second-order valence-corrected chi connectivity index (χ2v) is 22.7. The number of unbranched alkanes of at least 4 members (excludes halogenated alkanes) is 35. The summed E-state index contributed by atoms with van der Waals surface area (Å²) in [4.78, 5) is 35.1. The first-order valence-electron chi connectivity index (χ1n) is 31.9. The molecular weight excluding hydrogens is 966 g/mol. The number of allylic oxidation sites excluding steroid dienone is 12. The third-order valence-electron chi connectivity index (χ3n) is 13.9. The van der Waals surface area contributed by atoms with Gasteiger partial charge >= 0.3 is 19.8 Å². The topological polar surface area (TPSA) is 134 Å². The zero-order valence-electron chi connectivity index (χ0n) is 49.5. The number of rotatable bonds is 60. The monoisotopic (exact) mass is 1090 g/mol. The van der Waals surface area contributed by atoms with Crippen LogP contribution in [0.3, 0.4) is 0 Å². The molecule has 9 nitrogen and oxygen atoms in total. The number of esters is 2. The van der Waals surface area contributed by atoms with Crippen molar-refractivity contribution < 1.29 is 37.6 Å². The molecule has 2 atom stereocenters. The maximum Gasteiger partial charge on any atom is 0.472 e. The van der Waals surface area contributed by atoms with Gasteiger partial charge in [-0.3, -0.25) is 18.6 Å². The predicted octanol–water partition coefficient (Wildman–Crippen LogP) is 20.5. The van der Waals surface area contributed by atoms with E-state index in [0.717, 1.165) is 57.8 Å². The standard InChI is InChI=1S/C66H120NO8P/c1-3-5-7-9-11-13-15-17-19-21-23-24-25-26-27-28-29-30-31-32-33-34-35-36-37-38-39-41-42-44-46-48-50-52-54-56-58-65(68)72-62-64(63-74-76(70,71)73-61-60-67)75-66(69)59-57-55-53-51-49-47-45-43-40-22-20-18-16-14-12-10-8-6-4-2/h6,8,12,14,18,20,40,43,47,49,53,55,64H,3-5,7,9-11,13,15-17,19,21-39,41-42,44-46,48,50-52,54,56-63,67H2,1-2H3,(H,70,71)/b8-6-,14-12-,20-18-,43-40-,49-47-,55-53-. The predicted molar refractivity (Wildman–Crippen MR) is 326 cm³/mol. The first-order chi connectivity index (χ1) is 37.3. The van der Waals surface area contributed by atoms with Crippen LogP contribution in [0, 0.1) is 0 Å². The SMILES string of the molecule is CC/C=C\C/C=C\C/C=C\C/C=C\C/C=C\C/C=C\CCC(=O)OC(COC(=O)CCCCCCCCCCCCCCCCCCCCCCCCCCCCCCCCCCCCCC)COP(=O)(O)OCCN. The molecule has 0 saturated carbocycles. The number of hydrogen-bond donors (Lipinski definition) is 2. The van der Waals surface area contributed by atoms with Gasteiger partial charge in [0.25, 0.3) is 0 Å². The van der Waals surface area contributed by atoms with Crippen LogP contribution in [0.25, 0.3) is 0 Å². The quantitative estimate of drug-likeness (QED) is 0.0264.